The maximum atomic E-state index is 11.8. The molecule has 1 aromatic carbocycles. The third-order valence-electron chi connectivity index (χ3n) is 6.78. The molecule has 2 aliphatic rings. The molecule has 0 unspecified atom stereocenters. The number of rotatable bonds is 5. The van der Waals surface area contributed by atoms with Gasteiger partial charge in [-0.25, -0.2) is 4.79 Å². The van der Waals surface area contributed by atoms with Gasteiger partial charge < -0.3 is 15.1 Å². The number of hydrogen-bond acceptors (Lipinski definition) is 5. The van der Waals surface area contributed by atoms with Crippen LogP contribution in [0.3, 0.4) is 0 Å². The molecule has 1 saturated heterocycles. The number of hydrogen-bond donors (Lipinski definition) is 1. The number of nitrogens with one attached hydrogen (secondary N) is 1. The van der Waals surface area contributed by atoms with Gasteiger partial charge in [-0.05, 0) is 75.2 Å². The van der Waals surface area contributed by atoms with Gasteiger partial charge in [-0.15, -0.1) is 0 Å². The predicted molar refractivity (Wildman–Crippen MR) is 125 cm³/mol. The molecule has 1 aliphatic heterocycles. The zero-order chi connectivity index (χ0) is 21.1. The molecular formula is C23H35N5OS. The highest BCUT2D eigenvalue weighted by molar-refractivity contribution is 7.13. The number of carbonyl (C=O) groups excluding carboxylic acids is 1. The maximum absolute atomic E-state index is 11.8. The number of aromatic nitrogens is 1. The minimum Gasteiger partial charge on any atom is -0.350 e. The van der Waals surface area contributed by atoms with E-state index in [0.29, 0.717) is 12.1 Å². The molecule has 0 bridgehead atoms. The minimum absolute atomic E-state index is 0.0400. The number of benzene rings is 1. The van der Waals surface area contributed by atoms with Crippen molar-refractivity contribution in [1.29, 1.82) is 0 Å². The second-order valence-electron chi connectivity index (χ2n) is 9.20. The number of carbonyl (C=O) groups is 1. The van der Waals surface area contributed by atoms with E-state index in [2.05, 4.69) is 46.3 Å². The van der Waals surface area contributed by atoms with Crippen molar-refractivity contribution in [1.82, 2.24) is 19.5 Å². The van der Waals surface area contributed by atoms with Crippen molar-refractivity contribution in [3.8, 4) is 0 Å². The highest BCUT2D eigenvalue weighted by Gasteiger charge is 2.28. The summed E-state index contributed by atoms with van der Waals surface area (Å²) in [5.41, 5.74) is 0. The van der Waals surface area contributed by atoms with Gasteiger partial charge >= 0.3 is 6.03 Å². The molecule has 2 aromatic rings. The fourth-order valence-corrected chi connectivity index (χ4v) is 5.68. The second-order valence-corrected chi connectivity index (χ2v) is 10.0. The van der Waals surface area contributed by atoms with E-state index in [-0.39, 0.29) is 6.03 Å². The SMILES string of the molecule is C[C@@H]1CN(CCC2CCC(NC(=O)N(C)C)CC2)CCN1c1nsc2ccccc12. The molecular weight excluding hydrogens is 394 g/mol. The summed E-state index contributed by atoms with van der Waals surface area (Å²) >= 11 is 1.61. The summed E-state index contributed by atoms with van der Waals surface area (Å²) in [5.74, 6) is 1.97. The van der Waals surface area contributed by atoms with Gasteiger partial charge in [-0.2, -0.15) is 4.37 Å². The minimum atomic E-state index is 0.0400. The summed E-state index contributed by atoms with van der Waals surface area (Å²) in [5, 5.41) is 4.44. The Morgan fingerprint density at radius 3 is 2.70 bits per heavy atom. The lowest BCUT2D eigenvalue weighted by molar-refractivity contribution is 0.187. The van der Waals surface area contributed by atoms with E-state index in [1.54, 1.807) is 30.5 Å². The summed E-state index contributed by atoms with van der Waals surface area (Å²) in [6, 6.07) is 9.45. The normalized spacial score (nSPS) is 25.4. The Bertz CT molecular complexity index is 845. The van der Waals surface area contributed by atoms with Gasteiger partial charge in [0.15, 0.2) is 0 Å². The Morgan fingerprint density at radius 2 is 1.97 bits per heavy atom. The van der Waals surface area contributed by atoms with E-state index in [1.807, 2.05) is 0 Å². The molecule has 1 N–H and O–H groups in total. The molecule has 1 aromatic heterocycles. The second kappa shape index (κ2) is 9.52. The van der Waals surface area contributed by atoms with Gasteiger partial charge in [-0.1, -0.05) is 12.1 Å². The van der Waals surface area contributed by atoms with Crippen LogP contribution in [-0.2, 0) is 0 Å². The number of anilines is 1. The van der Waals surface area contributed by atoms with E-state index >= 15 is 0 Å². The summed E-state index contributed by atoms with van der Waals surface area (Å²) in [6.45, 7) is 6.80. The van der Waals surface area contributed by atoms with Gasteiger partial charge in [0.05, 0.1) is 4.70 Å². The van der Waals surface area contributed by atoms with Crippen LogP contribution in [0.2, 0.25) is 0 Å². The third kappa shape index (κ3) is 4.89. The van der Waals surface area contributed by atoms with Crippen LogP contribution in [-0.4, -0.2) is 72.6 Å². The van der Waals surface area contributed by atoms with Gasteiger partial charge in [0.2, 0.25) is 0 Å². The number of piperazine rings is 1. The molecule has 1 atom stereocenters. The zero-order valence-electron chi connectivity index (χ0n) is 18.5. The number of urea groups is 1. The average Bonchev–Trinajstić information content (AvgIpc) is 3.17. The smallest absolute Gasteiger partial charge is 0.317 e. The molecule has 1 saturated carbocycles. The number of amides is 2. The van der Waals surface area contributed by atoms with Crippen LogP contribution < -0.4 is 10.2 Å². The topological polar surface area (TPSA) is 51.7 Å². The van der Waals surface area contributed by atoms with Crippen molar-refractivity contribution in [2.75, 3.05) is 45.2 Å². The largest absolute Gasteiger partial charge is 0.350 e. The lowest BCUT2D eigenvalue weighted by Crippen LogP contribution is -2.52. The van der Waals surface area contributed by atoms with E-state index in [0.717, 1.165) is 38.4 Å². The maximum Gasteiger partial charge on any atom is 0.317 e. The van der Waals surface area contributed by atoms with E-state index < -0.39 is 0 Å². The molecule has 2 amide bonds. The Balaban J connectivity index is 1.22. The van der Waals surface area contributed by atoms with Gasteiger partial charge in [0.25, 0.3) is 0 Å². The molecule has 6 nitrogen and oxygen atoms in total. The standard InChI is InChI=1S/C23H35N5OS/c1-17-16-27(13-12-18-8-10-19(11-9-18)24-23(29)26(2)3)14-15-28(17)22-20-6-4-5-7-21(20)30-25-22/h4-7,17-19H,8-16H2,1-3H3,(H,24,29)/t17-,18?,19?/m1/s1. The van der Waals surface area contributed by atoms with Crippen molar-refractivity contribution in [3.63, 3.8) is 0 Å². The Morgan fingerprint density at radius 1 is 1.20 bits per heavy atom. The lowest BCUT2D eigenvalue weighted by atomic mass is 9.84. The van der Waals surface area contributed by atoms with Crippen LogP contribution in [0.4, 0.5) is 10.6 Å². The lowest BCUT2D eigenvalue weighted by Gasteiger charge is -2.41. The van der Waals surface area contributed by atoms with E-state index in [4.69, 9.17) is 4.37 Å². The van der Waals surface area contributed by atoms with Crippen LogP contribution in [0, 0.1) is 5.92 Å². The molecule has 2 heterocycles. The van der Waals surface area contributed by atoms with Crippen LogP contribution in [0.15, 0.2) is 24.3 Å². The summed E-state index contributed by atoms with van der Waals surface area (Å²) in [7, 11) is 3.61. The Labute approximate surface area is 184 Å². The van der Waals surface area contributed by atoms with E-state index in [1.165, 1.54) is 41.7 Å². The predicted octanol–water partition coefficient (Wildman–Crippen LogP) is 4.03. The fraction of sp³-hybridized carbons (Fsp3) is 0.652. The van der Waals surface area contributed by atoms with Crippen LogP contribution >= 0.6 is 11.5 Å². The van der Waals surface area contributed by atoms with E-state index in [9.17, 15) is 4.79 Å². The first kappa shape index (κ1) is 21.4. The van der Waals surface area contributed by atoms with Gasteiger partial charge in [0, 0.05) is 51.2 Å². The van der Waals surface area contributed by atoms with Crippen molar-refractivity contribution in [2.24, 2.45) is 5.92 Å². The molecule has 0 radical (unpaired) electrons. The van der Waals surface area contributed by atoms with Crippen LogP contribution in [0.25, 0.3) is 10.1 Å². The zero-order valence-corrected chi connectivity index (χ0v) is 19.3. The highest BCUT2D eigenvalue weighted by Crippen LogP contribution is 2.32. The molecule has 164 valence electrons. The van der Waals surface area contributed by atoms with Crippen molar-refractivity contribution in [3.05, 3.63) is 24.3 Å². The quantitative estimate of drug-likeness (QED) is 0.780. The van der Waals surface area contributed by atoms with Crippen LogP contribution in [0.1, 0.15) is 39.0 Å². The summed E-state index contributed by atoms with van der Waals surface area (Å²) in [4.78, 5) is 18.6. The summed E-state index contributed by atoms with van der Waals surface area (Å²) in [6.07, 6.45) is 5.98. The Kier molecular flexibility index (Phi) is 6.78. The molecule has 4 rings (SSSR count). The molecule has 0 spiro atoms. The average molecular weight is 430 g/mol. The van der Waals surface area contributed by atoms with Crippen molar-refractivity contribution >= 4 is 33.5 Å². The number of nitrogens with zero attached hydrogens (tertiary/aromatic N) is 4. The van der Waals surface area contributed by atoms with Gasteiger partial charge in [0.1, 0.15) is 5.82 Å². The van der Waals surface area contributed by atoms with Crippen molar-refractivity contribution in [2.45, 2.75) is 51.1 Å². The molecule has 2 fully saturated rings. The molecule has 1 aliphatic carbocycles. The van der Waals surface area contributed by atoms with Gasteiger partial charge in [-0.3, -0.25) is 4.90 Å². The molecule has 30 heavy (non-hydrogen) atoms. The first-order chi connectivity index (χ1) is 14.5. The van der Waals surface area contributed by atoms with Crippen molar-refractivity contribution < 1.29 is 4.79 Å². The fourth-order valence-electron chi connectivity index (χ4n) is 4.89. The first-order valence-corrected chi connectivity index (χ1v) is 12.1. The highest BCUT2D eigenvalue weighted by atomic mass is 32.1. The first-order valence-electron chi connectivity index (χ1n) is 11.3. The monoisotopic (exact) mass is 429 g/mol. The summed E-state index contributed by atoms with van der Waals surface area (Å²) < 4.78 is 6.05. The Hall–Kier alpha value is -1.86. The van der Waals surface area contributed by atoms with Crippen LogP contribution in [0.5, 0.6) is 0 Å². The third-order valence-corrected chi connectivity index (χ3v) is 7.59. The number of fused-ring (bicyclic) bond motifs is 1. The molecule has 7 heteroatoms.